The van der Waals surface area contributed by atoms with Gasteiger partial charge in [0.05, 0.1) is 11.7 Å². The first-order chi connectivity index (χ1) is 14.2. The molecule has 1 aliphatic rings. The van der Waals surface area contributed by atoms with Gasteiger partial charge in [-0.3, -0.25) is 14.2 Å². The van der Waals surface area contributed by atoms with Crippen LogP contribution in [0.2, 0.25) is 0 Å². The molecule has 4 heterocycles. The van der Waals surface area contributed by atoms with Gasteiger partial charge in [0.25, 0.3) is 5.56 Å². The Balaban J connectivity index is 1.26. The van der Waals surface area contributed by atoms with E-state index in [0.29, 0.717) is 31.4 Å². The predicted molar refractivity (Wildman–Crippen MR) is 116 cm³/mol. The quantitative estimate of drug-likeness (QED) is 0.564. The van der Waals surface area contributed by atoms with Crippen LogP contribution in [0.4, 0.5) is 0 Å². The summed E-state index contributed by atoms with van der Waals surface area (Å²) < 4.78 is 1.53. The molecular weight excluding hydrogens is 384 g/mol. The second-order valence-electron chi connectivity index (χ2n) is 7.20. The third-order valence-corrected chi connectivity index (χ3v) is 6.33. The third-order valence-electron chi connectivity index (χ3n) is 5.51. The Bertz CT molecular complexity index is 1300. The van der Waals surface area contributed by atoms with E-state index in [1.165, 1.54) is 32.4 Å². The van der Waals surface area contributed by atoms with Crippen LogP contribution in [-0.2, 0) is 11.3 Å². The molecule has 3 aromatic heterocycles. The van der Waals surface area contributed by atoms with Crippen LogP contribution < -0.4 is 5.56 Å². The van der Waals surface area contributed by atoms with E-state index >= 15 is 0 Å². The maximum atomic E-state index is 12.7. The van der Waals surface area contributed by atoms with Gasteiger partial charge in [-0.25, -0.2) is 4.98 Å². The Hall–Kier alpha value is -3.19. The summed E-state index contributed by atoms with van der Waals surface area (Å²) in [6.45, 7) is 1.65. The zero-order valence-corrected chi connectivity index (χ0v) is 16.6. The molecule has 1 aliphatic heterocycles. The topological polar surface area (TPSA) is 71.0 Å². The highest BCUT2D eigenvalue weighted by molar-refractivity contribution is 7.16. The SMILES string of the molecule is O=C(CCn1cnc2sccc2c1=O)N1CC=C(c2c[nH]c3ccccc23)CC1. The van der Waals surface area contributed by atoms with Crippen LogP contribution in [0.15, 0.2) is 59.1 Å². The highest BCUT2D eigenvalue weighted by Crippen LogP contribution is 2.29. The van der Waals surface area contributed by atoms with Crippen molar-refractivity contribution < 1.29 is 4.79 Å². The molecule has 1 N–H and O–H groups in total. The first-order valence-corrected chi connectivity index (χ1v) is 10.5. The van der Waals surface area contributed by atoms with Crippen LogP contribution >= 0.6 is 11.3 Å². The maximum absolute atomic E-state index is 12.7. The summed E-state index contributed by atoms with van der Waals surface area (Å²) in [5.74, 6) is 0.0662. The minimum Gasteiger partial charge on any atom is -0.361 e. The fourth-order valence-corrected chi connectivity index (χ4v) is 4.63. The van der Waals surface area contributed by atoms with Gasteiger partial charge in [0, 0.05) is 48.7 Å². The van der Waals surface area contributed by atoms with Crippen LogP contribution in [0.3, 0.4) is 0 Å². The zero-order chi connectivity index (χ0) is 19.8. The van der Waals surface area contributed by atoms with Crippen molar-refractivity contribution in [3.63, 3.8) is 0 Å². The lowest BCUT2D eigenvalue weighted by molar-refractivity contribution is -0.131. The van der Waals surface area contributed by atoms with Crippen LogP contribution in [-0.4, -0.2) is 38.4 Å². The van der Waals surface area contributed by atoms with Gasteiger partial charge in [-0.2, -0.15) is 0 Å². The molecule has 0 unspecified atom stereocenters. The van der Waals surface area contributed by atoms with Crippen molar-refractivity contribution in [3.8, 4) is 0 Å². The van der Waals surface area contributed by atoms with Gasteiger partial charge in [0.1, 0.15) is 4.83 Å². The molecule has 0 saturated heterocycles. The Kier molecular flexibility index (Phi) is 4.52. The summed E-state index contributed by atoms with van der Waals surface area (Å²) in [5, 5.41) is 3.70. The molecule has 4 aromatic rings. The molecule has 5 rings (SSSR count). The predicted octanol–water partition coefficient (Wildman–Crippen LogP) is 3.65. The number of H-pyrrole nitrogens is 1. The molecule has 6 nitrogen and oxygen atoms in total. The molecule has 1 amide bonds. The number of amides is 1. The summed E-state index contributed by atoms with van der Waals surface area (Å²) in [6, 6.07) is 10.0. The van der Waals surface area contributed by atoms with Gasteiger partial charge in [-0.05, 0) is 29.5 Å². The van der Waals surface area contributed by atoms with Gasteiger partial charge in [-0.1, -0.05) is 24.3 Å². The van der Waals surface area contributed by atoms with Crippen LogP contribution in [0, 0.1) is 0 Å². The van der Waals surface area contributed by atoms with Crippen molar-refractivity contribution >= 4 is 43.9 Å². The molecule has 0 saturated carbocycles. The highest BCUT2D eigenvalue weighted by atomic mass is 32.1. The molecule has 29 heavy (non-hydrogen) atoms. The Morgan fingerprint density at radius 1 is 1.21 bits per heavy atom. The number of nitrogens with zero attached hydrogens (tertiary/aromatic N) is 3. The van der Waals surface area contributed by atoms with E-state index in [9.17, 15) is 9.59 Å². The van der Waals surface area contributed by atoms with E-state index in [-0.39, 0.29) is 11.5 Å². The molecular formula is C22H20N4O2S. The van der Waals surface area contributed by atoms with Crippen LogP contribution in [0.1, 0.15) is 18.4 Å². The Labute approximate surface area is 171 Å². The van der Waals surface area contributed by atoms with Gasteiger partial charge in [0.15, 0.2) is 0 Å². The number of fused-ring (bicyclic) bond motifs is 2. The lowest BCUT2D eigenvalue weighted by atomic mass is 9.99. The smallest absolute Gasteiger partial charge is 0.262 e. The van der Waals surface area contributed by atoms with Crippen LogP contribution in [0.25, 0.3) is 26.7 Å². The number of carbonyl (C=O) groups is 1. The van der Waals surface area contributed by atoms with E-state index < -0.39 is 0 Å². The number of thiophene rings is 1. The number of rotatable bonds is 4. The van der Waals surface area contributed by atoms with Crippen molar-refractivity contribution in [1.82, 2.24) is 19.4 Å². The number of hydrogen-bond acceptors (Lipinski definition) is 4. The highest BCUT2D eigenvalue weighted by Gasteiger charge is 2.19. The van der Waals surface area contributed by atoms with E-state index in [1.54, 1.807) is 12.4 Å². The molecule has 0 atom stereocenters. The standard InChI is InChI=1S/C22H20N4O2S/c27-20(7-11-26-14-24-21-17(22(26)28)8-12-29-21)25-9-5-15(6-10-25)18-13-23-19-4-2-1-3-16(18)19/h1-5,8,12-14,23H,6-7,9-11H2. The summed E-state index contributed by atoms with van der Waals surface area (Å²) in [7, 11) is 0. The normalized spacial score (nSPS) is 14.5. The summed E-state index contributed by atoms with van der Waals surface area (Å²) in [4.78, 5) is 35.3. The van der Waals surface area contributed by atoms with Crippen molar-refractivity contribution in [2.24, 2.45) is 0 Å². The first kappa shape index (κ1) is 17.9. The largest absolute Gasteiger partial charge is 0.361 e. The lowest BCUT2D eigenvalue weighted by Crippen LogP contribution is -2.35. The zero-order valence-electron chi connectivity index (χ0n) is 15.8. The lowest BCUT2D eigenvalue weighted by Gasteiger charge is -2.26. The first-order valence-electron chi connectivity index (χ1n) is 9.66. The monoisotopic (exact) mass is 404 g/mol. The average molecular weight is 404 g/mol. The van der Waals surface area contributed by atoms with E-state index in [2.05, 4.69) is 28.2 Å². The summed E-state index contributed by atoms with van der Waals surface area (Å²) in [6.07, 6.45) is 6.86. The van der Waals surface area contributed by atoms with Gasteiger partial charge >= 0.3 is 0 Å². The molecule has 0 radical (unpaired) electrons. The number of nitrogens with one attached hydrogen (secondary N) is 1. The number of carbonyl (C=O) groups excluding carboxylic acids is 1. The second-order valence-corrected chi connectivity index (χ2v) is 8.09. The molecule has 7 heteroatoms. The number of aromatic nitrogens is 3. The van der Waals surface area contributed by atoms with Crippen LogP contribution in [0.5, 0.6) is 0 Å². The Morgan fingerprint density at radius 3 is 2.97 bits per heavy atom. The van der Waals surface area contributed by atoms with Crippen molar-refractivity contribution in [1.29, 1.82) is 0 Å². The Morgan fingerprint density at radius 2 is 2.10 bits per heavy atom. The van der Waals surface area contributed by atoms with Gasteiger partial charge in [0.2, 0.25) is 5.91 Å². The summed E-state index contributed by atoms with van der Waals surface area (Å²) >= 11 is 1.45. The van der Waals surface area contributed by atoms with Gasteiger partial charge in [-0.15, -0.1) is 11.3 Å². The second kappa shape index (κ2) is 7.33. The fraction of sp³-hybridized carbons (Fsp3) is 0.227. The number of aromatic amines is 1. The van der Waals surface area contributed by atoms with E-state index in [4.69, 9.17) is 0 Å². The number of benzene rings is 1. The molecule has 146 valence electrons. The maximum Gasteiger partial charge on any atom is 0.262 e. The minimum atomic E-state index is -0.0794. The van der Waals surface area contributed by atoms with Crippen molar-refractivity contribution in [3.05, 3.63) is 70.2 Å². The molecule has 0 aliphatic carbocycles. The van der Waals surface area contributed by atoms with E-state index in [1.807, 2.05) is 28.6 Å². The molecule has 1 aromatic carbocycles. The third kappa shape index (κ3) is 3.27. The van der Waals surface area contributed by atoms with Crippen molar-refractivity contribution in [2.75, 3.05) is 13.1 Å². The molecule has 0 spiro atoms. The van der Waals surface area contributed by atoms with Gasteiger partial charge < -0.3 is 9.88 Å². The van der Waals surface area contributed by atoms with Crippen molar-refractivity contribution in [2.45, 2.75) is 19.4 Å². The average Bonchev–Trinajstić information content (AvgIpc) is 3.41. The molecule has 0 bridgehead atoms. The van der Waals surface area contributed by atoms with E-state index in [0.717, 1.165) is 16.8 Å². The fourth-order valence-electron chi connectivity index (χ4n) is 3.90. The minimum absolute atomic E-state index is 0.0662. The number of hydrogen-bond donors (Lipinski definition) is 1. The number of aryl methyl sites for hydroxylation is 1. The summed E-state index contributed by atoms with van der Waals surface area (Å²) in [5.41, 5.74) is 3.54. The molecule has 0 fully saturated rings. The number of para-hydroxylation sites is 1.